The summed E-state index contributed by atoms with van der Waals surface area (Å²) in [5.41, 5.74) is 17.2. The monoisotopic (exact) mass is 724 g/mol. The first kappa shape index (κ1) is 32.1. The van der Waals surface area contributed by atoms with Crippen molar-refractivity contribution in [1.82, 2.24) is 0 Å². The summed E-state index contributed by atoms with van der Waals surface area (Å²) in [7, 11) is -2.61. The number of anilines is 6. The highest BCUT2D eigenvalue weighted by molar-refractivity contribution is 7.15. The van der Waals surface area contributed by atoms with Crippen LogP contribution in [0.3, 0.4) is 0 Å². The molecule has 1 unspecified atom stereocenters. The second-order valence-electron chi connectivity index (χ2n) is 15.9. The van der Waals surface area contributed by atoms with Crippen molar-refractivity contribution >= 4 is 68.5 Å². The van der Waals surface area contributed by atoms with Crippen molar-refractivity contribution < 1.29 is 4.74 Å². The van der Waals surface area contributed by atoms with E-state index in [9.17, 15) is 0 Å². The van der Waals surface area contributed by atoms with Crippen molar-refractivity contribution in [2.24, 2.45) is 0 Å². The third-order valence-electron chi connectivity index (χ3n) is 12.1. The zero-order valence-corrected chi connectivity index (χ0v) is 32.7. The molecule has 0 fully saturated rings. The Hall–Kier alpha value is -6.36. The molecule has 0 aromatic heterocycles. The van der Waals surface area contributed by atoms with E-state index in [2.05, 4.69) is 196 Å². The van der Waals surface area contributed by atoms with Gasteiger partial charge < -0.3 is 14.5 Å². The molecular weight excluding hydrogens is 685 g/mol. The minimum Gasteiger partial charge on any atom is -0.457 e. The third-order valence-corrected chi connectivity index (χ3v) is 16.6. The predicted octanol–water partition coefficient (Wildman–Crippen LogP) is 12.2. The smallest absolute Gasteiger partial charge is 0.165 e. The van der Waals surface area contributed by atoms with E-state index in [1.165, 1.54) is 105 Å². The highest BCUT2D eigenvalue weighted by atomic mass is 28.3. The van der Waals surface area contributed by atoms with E-state index in [1.54, 1.807) is 0 Å². The molecule has 0 saturated carbocycles. The minimum absolute atomic E-state index is 0.998. The molecule has 55 heavy (non-hydrogen) atoms. The van der Waals surface area contributed by atoms with Gasteiger partial charge in [0.15, 0.2) is 8.07 Å². The van der Waals surface area contributed by atoms with Crippen LogP contribution in [0.15, 0.2) is 152 Å². The van der Waals surface area contributed by atoms with Crippen molar-refractivity contribution in [3.05, 3.63) is 174 Å². The normalized spacial score (nSPS) is 15.9. The summed E-state index contributed by atoms with van der Waals surface area (Å²) in [6.45, 7) is 11.4. The van der Waals surface area contributed by atoms with Gasteiger partial charge in [0.05, 0.1) is 17.1 Å². The third kappa shape index (κ3) is 4.55. The van der Waals surface area contributed by atoms with Gasteiger partial charge in [-0.3, -0.25) is 0 Å². The molecule has 0 amide bonds. The van der Waals surface area contributed by atoms with Crippen LogP contribution in [0.1, 0.15) is 22.3 Å². The van der Waals surface area contributed by atoms with Gasteiger partial charge in [0, 0.05) is 32.8 Å². The molecular formula is C51H40N2OSi. The van der Waals surface area contributed by atoms with Crippen molar-refractivity contribution in [3.8, 4) is 33.8 Å². The fraction of sp³-hybridized carbons (Fsp3) is 0.0980. The summed E-state index contributed by atoms with van der Waals surface area (Å²) in [5.74, 6) is 2.00. The summed E-state index contributed by atoms with van der Waals surface area (Å²) in [5, 5.41) is 6.63. The lowest BCUT2D eigenvalue weighted by atomic mass is 9.94. The van der Waals surface area contributed by atoms with Crippen LogP contribution in [0.25, 0.3) is 33.0 Å². The first-order chi connectivity index (χ1) is 26.8. The Morgan fingerprint density at radius 3 is 1.64 bits per heavy atom. The van der Waals surface area contributed by atoms with Gasteiger partial charge in [-0.1, -0.05) is 103 Å². The Morgan fingerprint density at radius 2 is 0.945 bits per heavy atom. The van der Waals surface area contributed by atoms with E-state index < -0.39 is 8.07 Å². The average molecular weight is 725 g/mol. The maximum Gasteiger partial charge on any atom is 0.165 e. The highest BCUT2D eigenvalue weighted by Crippen LogP contribution is 2.53. The van der Waals surface area contributed by atoms with E-state index in [1.807, 2.05) is 0 Å². The second-order valence-corrected chi connectivity index (χ2v) is 19.6. The van der Waals surface area contributed by atoms with Crippen LogP contribution in [0.5, 0.6) is 11.5 Å². The van der Waals surface area contributed by atoms with E-state index >= 15 is 0 Å². The molecule has 0 radical (unpaired) electrons. The lowest BCUT2D eigenvalue weighted by Crippen LogP contribution is -2.73. The molecule has 0 saturated heterocycles. The number of fused-ring (bicyclic) bond motifs is 1. The molecule has 4 heteroatoms. The van der Waals surface area contributed by atoms with Gasteiger partial charge in [-0.25, -0.2) is 0 Å². The standard InChI is InChI=1S/C51H40N2OSi/c1-31-18-20-38(21-19-31)52-43-24-32(2)25-44-49(43)55(5)50-45(52)26-33(3)28-47(50)54-48-29-34(4)27-46(51(48)55)53(44)42-23-22-39(40-16-9-10-17-41(40)42)37-15-11-14-36(30-37)35-12-7-6-8-13-35/h6-30H,1-5H3. The Balaban J connectivity index is 1.20. The number of nitrogens with zero attached hydrogens (tertiary/aromatic N) is 2. The fourth-order valence-electron chi connectivity index (χ4n) is 9.81. The molecule has 0 aliphatic carbocycles. The summed E-state index contributed by atoms with van der Waals surface area (Å²) >= 11 is 0. The molecule has 3 heterocycles. The van der Waals surface area contributed by atoms with Crippen LogP contribution in [-0.2, 0) is 0 Å². The molecule has 264 valence electrons. The molecule has 11 rings (SSSR count). The van der Waals surface area contributed by atoms with Crippen LogP contribution in [-0.4, -0.2) is 8.07 Å². The highest BCUT2D eigenvalue weighted by Gasteiger charge is 2.55. The predicted molar refractivity (Wildman–Crippen MR) is 234 cm³/mol. The average Bonchev–Trinajstić information content (AvgIpc) is 3.18. The van der Waals surface area contributed by atoms with Crippen molar-refractivity contribution in [2.45, 2.75) is 34.2 Å². The van der Waals surface area contributed by atoms with Gasteiger partial charge in [-0.2, -0.15) is 0 Å². The maximum absolute atomic E-state index is 7.08. The molecule has 3 aliphatic heterocycles. The van der Waals surface area contributed by atoms with Crippen LogP contribution >= 0.6 is 0 Å². The Bertz CT molecular complexity index is 2910. The lowest BCUT2D eigenvalue weighted by Gasteiger charge is -2.52. The Labute approximate surface area is 323 Å². The van der Waals surface area contributed by atoms with E-state index in [-0.39, 0.29) is 0 Å². The van der Waals surface area contributed by atoms with Crippen LogP contribution in [0, 0.1) is 27.7 Å². The van der Waals surface area contributed by atoms with Gasteiger partial charge in [0.2, 0.25) is 0 Å². The molecule has 3 nitrogen and oxygen atoms in total. The van der Waals surface area contributed by atoms with E-state index in [0.29, 0.717) is 0 Å². The summed E-state index contributed by atoms with van der Waals surface area (Å²) in [4.78, 5) is 5.08. The summed E-state index contributed by atoms with van der Waals surface area (Å²) < 4.78 is 7.08. The molecule has 0 spiro atoms. The molecule has 0 N–H and O–H groups in total. The summed E-state index contributed by atoms with van der Waals surface area (Å²) in [6.07, 6.45) is 0. The Kier molecular flexibility index (Phi) is 6.75. The molecule has 8 aromatic rings. The number of rotatable bonds is 4. The van der Waals surface area contributed by atoms with Gasteiger partial charge in [-0.05, 0) is 138 Å². The largest absolute Gasteiger partial charge is 0.457 e. The van der Waals surface area contributed by atoms with E-state index in [4.69, 9.17) is 4.74 Å². The number of hydrogen-bond acceptors (Lipinski definition) is 3. The van der Waals surface area contributed by atoms with Gasteiger partial charge in [0.1, 0.15) is 11.5 Å². The van der Waals surface area contributed by atoms with Gasteiger partial charge >= 0.3 is 0 Å². The topological polar surface area (TPSA) is 15.7 Å². The fourth-order valence-corrected chi connectivity index (χ4v) is 14.6. The first-order valence-electron chi connectivity index (χ1n) is 19.3. The number of hydrogen-bond donors (Lipinski definition) is 0. The SMILES string of the molecule is Cc1ccc(N2c3cc(C)cc4c3[Si]3(C)c5c(cc(C)cc5N(c5ccc(-c6cccc(-c7ccccc7)c6)c6ccccc56)c5cc(C)cc2c53)O4)cc1. The second kappa shape index (κ2) is 11.6. The van der Waals surface area contributed by atoms with Crippen LogP contribution < -0.4 is 30.1 Å². The lowest BCUT2D eigenvalue weighted by molar-refractivity contribution is 0.486. The number of ether oxygens (including phenoxy) is 1. The Morgan fingerprint density at radius 1 is 0.400 bits per heavy atom. The van der Waals surface area contributed by atoms with E-state index in [0.717, 1.165) is 11.5 Å². The zero-order valence-electron chi connectivity index (χ0n) is 31.7. The minimum atomic E-state index is -2.61. The van der Waals surface area contributed by atoms with Crippen molar-refractivity contribution in [3.63, 3.8) is 0 Å². The van der Waals surface area contributed by atoms with Crippen LogP contribution in [0.2, 0.25) is 6.55 Å². The zero-order chi connectivity index (χ0) is 37.2. The maximum atomic E-state index is 7.08. The van der Waals surface area contributed by atoms with Crippen molar-refractivity contribution in [2.75, 3.05) is 9.80 Å². The first-order valence-corrected chi connectivity index (χ1v) is 21.8. The molecule has 3 aliphatic rings. The summed E-state index contributed by atoms with van der Waals surface area (Å²) in [6, 6.07) is 56.5. The van der Waals surface area contributed by atoms with Gasteiger partial charge in [0.25, 0.3) is 0 Å². The molecule has 0 bridgehead atoms. The molecule has 1 atom stereocenters. The van der Waals surface area contributed by atoms with Crippen molar-refractivity contribution in [1.29, 1.82) is 0 Å². The quantitative estimate of drug-likeness (QED) is 0.168. The number of benzene rings is 8. The van der Waals surface area contributed by atoms with Crippen LogP contribution in [0.4, 0.5) is 34.1 Å². The molecule has 8 aromatic carbocycles. The van der Waals surface area contributed by atoms with Gasteiger partial charge in [-0.15, -0.1) is 0 Å². The number of aryl methyl sites for hydroxylation is 4.